The summed E-state index contributed by atoms with van der Waals surface area (Å²) in [6.45, 7) is -7.62. The first-order valence-electron chi connectivity index (χ1n) is 42.4. The molecule has 0 bridgehead atoms. The van der Waals surface area contributed by atoms with Crippen LogP contribution in [0.5, 0.6) is 0 Å². The monoisotopic (exact) mass is 1960 g/mol. The molecule has 0 aliphatic carbocycles. The summed E-state index contributed by atoms with van der Waals surface area (Å²) in [4.78, 5) is 89.8. The van der Waals surface area contributed by atoms with Crippen molar-refractivity contribution in [2.75, 3.05) is 66.1 Å². The molecule has 0 radical (unpaired) electrons. The molecule has 0 unspecified atom stereocenters. The predicted octanol–water partition coefficient (Wildman–Crippen LogP) is -23.2. The molecule has 60 heteroatoms. The zero-order chi connectivity index (χ0) is 98.9. The van der Waals surface area contributed by atoms with Gasteiger partial charge in [-0.3, -0.25) is 38.9 Å². The number of carboxylic acid groups (broad SMARTS) is 1. The van der Waals surface area contributed by atoms with E-state index >= 15 is 0 Å². The number of carbonyl (C=O) groups excluding carboxylic acids is 6. The molecule has 35 N–H and O–H groups in total. The third-order valence-electron chi connectivity index (χ3n) is 24.0. The van der Waals surface area contributed by atoms with E-state index in [9.17, 15) is 171 Å². The minimum absolute atomic E-state index is 0.867. The number of carbonyl (C=O) groups is 7. The summed E-state index contributed by atoms with van der Waals surface area (Å²) in [6.07, 6.45) is -102. The fraction of sp³-hybridized carbons (Fsp3) is 0.905. The lowest BCUT2D eigenvalue weighted by Crippen LogP contribution is -2.72. The molecule has 0 aromatic carbocycles. The molecule has 0 spiro atoms. The van der Waals surface area contributed by atoms with Crippen molar-refractivity contribution >= 4 is 41.4 Å². The van der Waals surface area contributed by atoms with Crippen LogP contribution in [0.2, 0.25) is 0 Å². The van der Waals surface area contributed by atoms with E-state index in [-0.39, 0.29) is 0 Å². The average Bonchev–Trinajstić information content (AvgIpc) is 0.747. The van der Waals surface area contributed by atoms with Crippen LogP contribution >= 0.6 is 0 Å². The molecular weight excluding hydrogens is 1830 g/mol. The lowest BCUT2D eigenvalue weighted by molar-refractivity contribution is -0.412. The molecule has 6 amide bonds. The van der Waals surface area contributed by atoms with Crippen LogP contribution < -0.4 is 37.6 Å². The minimum Gasteiger partial charge on any atom is -0.480 e. The standard InChI is InChI=1S/C74H123N7O53/c1-17(90)76-34-48(105)57(28(12-87)118-64(34)81-22(65(114)115)6-33(75)95)128-69-38(80-21(5)94)49(106)58(29(13-88)124-69)130-73-56(113)62(133-74-63(134-68-37(79-20(4)93)47(104)41(98)25(9-84)121-68)54(111)59(30(14-89)125-74)129-66-35(77-18(2)91)45(102)39(96)23(7-82)119-66)60(131-67-36(78-19(3)92)46(103)40(97)24(8-83)120-67)32(127-73)16-117-71-55(112)61(132-72-53(110)51(108)43(100)27(11-86)123-72)44(101)31(126-71)15-116-70-52(109)50(107)42(99)26(10-85)122-70/h22-32,34-64,66-74,81-89,96-113H,6-16H2,1-5H3,(H2,75,95)(H,76,90)(H,77,91)(H,78,92)(H,79,93)(H,80,94)(H,114,115)/t22-,23+,24+,25+,26+,27+,28+,29+,30+,31+,32+,34+,35+,36+,37+,38+,39+,40+,41+,42+,43+,44+,45+,46+,47+,48+,49+,50-,51-,52-,53-,54-,55-,56-,57+,58+,59+,60+,61-,62+,63-,64+,66-,67-,68-,69-,70-,71-,72+,73-,74+/m0/s1. The van der Waals surface area contributed by atoms with Gasteiger partial charge >= 0.3 is 5.97 Å². The van der Waals surface area contributed by atoms with Gasteiger partial charge in [-0.25, -0.2) is 0 Å². The summed E-state index contributed by atoms with van der Waals surface area (Å²) < 4.78 is 117. The number of primary amides is 1. The van der Waals surface area contributed by atoms with Gasteiger partial charge in [-0.05, 0) is 0 Å². The summed E-state index contributed by atoms with van der Waals surface area (Å²) in [6, 6.07) is -11.9. The molecule has 772 valence electrons. The molecule has 60 nitrogen and oxygen atoms in total. The van der Waals surface area contributed by atoms with Crippen LogP contribution in [0.25, 0.3) is 0 Å². The Labute approximate surface area is 758 Å². The second-order valence-corrected chi connectivity index (χ2v) is 33.5. The second-order valence-electron chi connectivity index (χ2n) is 33.5. The van der Waals surface area contributed by atoms with Crippen molar-refractivity contribution in [1.82, 2.24) is 31.9 Å². The summed E-state index contributed by atoms with van der Waals surface area (Å²) >= 11 is 0. The van der Waals surface area contributed by atoms with Crippen molar-refractivity contribution < 1.29 is 261 Å². The third kappa shape index (κ3) is 25.3. The highest BCUT2D eigenvalue weighted by Crippen LogP contribution is 2.42. The van der Waals surface area contributed by atoms with Crippen LogP contribution in [0.3, 0.4) is 0 Å². The van der Waals surface area contributed by atoms with Crippen LogP contribution in [-0.4, -0.2) is 558 Å². The Bertz CT molecular complexity index is 3760. The third-order valence-corrected chi connectivity index (χ3v) is 24.0. The lowest BCUT2D eigenvalue weighted by atomic mass is 9.93. The quantitative estimate of drug-likeness (QED) is 0.0273. The molecule has 10 rings (SSSR count). The van der Waals surface area contributed by atoms with Gasteiger partial charge in [-0.2, -0.15) is 0 Å². The molecule has 10 aliphatic rings. The zero-order valence-electron chi connectivity index (χ0n) is 72.0. The topological polar surface area (TPSA) is 939 Å². The number of carboxylic acids is 1. The first-order chi connectivity index (χ1) is 63.3. The number of ether oxygens (including phenoxy) is 19. The number of aliphatic hydroxyl groups is 26. The SMILES string of the molecule is CC(=O)N[C@@H]1[C@@H](O)[C@H](O[C@@H]2O[C@H](CO)[C@@H](O[C@@H]3O[C@H](CO[C@H]4O[C@H](CO[C@H]5O[C@H](CO)[C@@H](O)[C@H](O)[C@@H]5O)[C@@H](O)[C@H](O[C@H]5O[C@H](CO)[C@@H](O)[C@H](O)[C@@H]5O)[C@@H]4O)[C@@H](O[C@@H]4O[C@H](CO)[C@@H](O)[C@H](O)[C@H]4NC(C)=O)[C@H](O[C@H]4O[C@H](CO)[C@@H](O[C@@H]5O[C@H](CO)[C@@H](O)[C@H](O)[C@H]5NC(C)=O)[C@H](O)[C@@H]4O[C@@H]4O[C@H](CO)[C@@H](O)[C@H](O)[C@H]4NC(C)=O)[C@@H]3O)[C@H](O)[C@H]2NC(C)=O)[C@@H](CO)O[C@H]1N[C@@H](CC(N)=O)C(=O)O. The molecule has 10 fully saturated rings. The maximum absolute atomic E-state index is 13.6. The van der Waals surface area contributed by atoms with Crippen LogP contribution in [0, 0.1) is 0 Å². The van der Waals surface area contributed by atoms with Gasteiger partial charge in [0.05, 0.1) is 78.5 Å². The summed E-state index contributed by atoms with van der Waals surface area (Å²) in [5.41, 5.74) is 5.30. The highest BCUT2D eigenvalue weighted by molar-refractivity contribution is 5.83. The van der Waals surface area contributed by atoms with Crippen LogP contribution in [-0.2, 0) is 124 Å². The van der Waals surface area contributed by atoms with Crippen molar-refractivity contribution in [3.8, 4) is 0 Å². The highest BCUT2D eigenvalue weighted by Gasteiger charge is 2.63. The van der Waals surface area contributed by atoms with Crippen molar-refractivity contribution in [2.24, 2.45) is 5.73 Å². The van der Waals surface area contributed by atoms with E-state index in [2.05, 4.69) is 31.9 Å². The van der Waals surface area contributed by atoms with E-state index in [4.69, 9.17) is 95.7 Å². The molecule has 0 aromatic heterocycles. The van der Waals surface area contributed by atoms with E-state index in [1.165, 1.54) is 0 Å². The number of nitrogens with two attached hydrogens (primary N) is 1. The Morgan fingerprint density at radius 1 is 0.261 bits per heavy atom. The molecule has 0 aromatic rings. The van der Waals surface area contributed by atoms with Crippen LogP contribution in [0.1, 0.15) is 41.0 Å². The molecule has 10 aliphatic heterocycles. The maximum Gasteiger partial charge on any atom is 0.321 e. The zero-order valence-corrected chi connectivity index (χ0v) is 72.0. The molecule has 51 atom stereocenters. The fourth-order valence-electron chi connectivity index (χ4n) is 17.0. The Kier molecular flexibility index (Phi) is 40.2. The van der Waals surface area contributed by atoms with Crippen LogP contribution in [0.4, 0.5) is 0 Å². The van der Waals surface area contributed by atoms with Gasteiger partial charge in [0.2, 0.25) is 35.4 Å². The van der Waals surface area contributed by atoms with Gasteiger partial charge in [0.1, 0.15) is 250 Å². The average molecular weight is 1960 g/mol. The summed E-state index contributed by atoms with van der Waals surface area (Å²) in [5.74, 6) is -7.84. The Morgan fingerprint density at radius 3 is 0.948 bits per heavy atom. The first-order valence-corrected chi connectivity index (χ1v) is 42.4. The van der Waals surface area contributed by atoms with Crippen molar-refractivity contribution in [3.63, 3.8) is 0 Å². The van der Waals surface area contributed by atoms with Gasteiger partial charge in [0.15, 0.2) is 56.6 Å². The van der Waals surface area contributed by atoms with Crippen molar-refractivity contribution in [2.45, 2.75) is 354 Å². The van der Waals surface area contributed by atoms with E-state index in [1.54, 1.807) is 0 Å². The largest absolute Gasteiger partial charge is 0.480 e. The van der Waals surface area contributed by atoms with E-state index in [0.29, 0.717) is 0 Å². The normalized spacial score (nSPS) is 46.4. The number of rotatable bonds is 38. The van der Waals surface area contributed by atoms with Crippen molar-refractivity contribution in [3.05, 3.63) is 0 Å². The second kappa shape index (κ2) is 48.8. The Hall–Kier alpha value is -5.55. The van der Waals surface area contributed by atoms with Crippen molar-refractivity contribution in [1.29, 1.82) is 0 Å². The van der Waals surface area contributed by atoms with Crippen LogP contribution in [0.15, 0.2) is 0 Å². The smallest absolute Gasteiger partial charge is 0.321 e. The molecular formula is C74H123N7O53. The van der Waals surface area contributed by atoms with Gasteiger partial charge in [-0.1, -0.05) is 0 Å². The van der Waals surface area contributed by atoms with Gasteiger partial charge in [0, 0.05) is 34.6 Å². The molecule has 10 saturated heterocycles. The van der Waals surface area contributed by atoms with Gasteiger partial charge < -0.3 is 260 Å². The molecule has 134 heavy (non-hydrogen) atoms. The summed E-state index contributed by atoms with van der Waals surface area (Å²) in [7, 11) is 0. The maximum atomic E-state index is 13.6. The van der Waals surface area contributed by atoms with Gasteiger partial charge in [-0.15, -0.1) is 0 Å². The number of aliphatic carboxylic acids is 1. The van der Waals surface area contributed by atoms with Gasteiger partial charge in [0.25, 0.3) is 0 Å². The highest BCUT2D eigenvalue weighted by atomic mass is 16.8. The minimum atomic E-state index is -2.88. The van der Waals surface area contributed by atoms with E-state index < -0.39 is 427 Å². The number of hydrogen-bond acceptors (Lipinski definition) is 53. The number of nitrogens with one attached hydrogen (secondary N) is 6. The Balaban J connectivity index is 1.13. The first kappa shape index (κ1) is 110. The number of amides is 6. The number of hydrogen-bond donors (Lipinski definition) is 34. The number of aliphatic hydroxyl groups excluding tert-OH is 26. The Morgan fingerprint density at radius 2 is 0.537 bits per heavy atom. The summed E-state index contributed by atoms with van der Waals surface area (Å²) in [5, 5.41) is 320. The van der Waals surface area contributed by atoms with E-state index in [0.717, 1.165) is 34.6 Å². The van der Waals surface area contributed by atoms with E-state index in [1.807, 2.05) is 0 Å². The molecule has 0 saturated carbocycles. The molecule has 10 heterocycles. The predicted molar refractivity (Wildman–Crippen MR) is 414 cm³/mol. The fourth-order valence-corrected chi connectivity index (χ4v) is 17.0. The lowest BCUT2D eigenvalue weighted by Gasteiger charge is -2.53.